The summed E-state index contributed by atoms with van der Waals surface area (Å²) >= 11 is 0. The Bertz CT molecular complexity index is 283. The first kappa shape index (κ1) is 17.5. The molecule has 0 fully saturated rings. The van der Waals surface area contributed by atoms with Gasteiger partial charge in [0, 0.05) is 19.5 Å². The van der Waals surface area contributed by atoms with Gasteiger partial charge in [-0.05, 0) is 12.8 Å². The number of carbonyl (C=O) groups is 2. The van der Waals surface area contributed by atoms with Crippen LogP contribution in [0.4, 0.5) is 18.0 Å². The average Bonchev–Trinajstić information content (AvgIpc) is 2.25. The Morgan fingerprint density at radius 1 is 0.947 bits per heavy atom. The van der Waals surface area contributed by atoms with Crippen LogP contribution in [0.5, 0.6) is 0 Å². The molecule has 2 amide bonds. The number of hydrogen-bond acceptors (Lipinski definition) is 2. The SMILES string of the molecule is O=C(O)CCCCCCNC(=O)NCCC(F)(F)F. The minimum atomic E-state index is -4.27. The molecular formula is C11H19F3N2O3. The molecule has 112 valence electrons. The molecule has 8 heteroatoms. The smallest absolute Gasteiger partial charge is 0.390 e. The maximum absolute atomic E-state index is 11.8. The van der Waals surface area contributed by atoms with Gasteiger partial charge in [-0.25, -0.2) is 4.79 Å². The highest BCUT2D eigenvalue weighted by Crippen LogP contribution is 2.17. The lowest BCUT2D eigenvalue weighted by atomic mass is 10.1. The molecule has 0 aliphatic rings. The standard InChI is InChI=1S/C11H19F3N2O3/c12-11(13,14)6-8-16-10(19)15-7-4-2-1-3-5-9(17)18/h1-8H2,(H,17,18)(H2,15,16,19). The van der Waals surface area contributed by atoms with Crippen molar-refractivity contribution >= 4 is 12.0 Å². The Hall–Kier alpha value is -1.47. The third kappa shape index (κ3) is 14.5. The van der Waals surface area contributed by atoms with E-state index < -0.39 is 31.1 Å². The number of alkyl halides is 3. The molecule has 19 heavy (non-hydrogen) atoms. The van der Waals surface area contributed by atoms with E-state index in [0.717, 1.165) is 12.8 Å². The number of amides is 2. The van der Waals surface area contributed by atoms with Crippen LogP contribution in [0.1, 0.15) is 38.5 Å². The lowest BCUT2D eigenvalue weighted by Gasteiger charge is -2.09. The van der Waals surface area contributed by atoms with Crippen LogP contribution in [0.3, 0.4) is 0 Å². The summed E-state index contributed by atoms with van der Waals surface area (Å²) in [5.74, 6) is -0.831. The van der Waals surface area contributed by atoms with Gasteiger partial charge >= 0.3 is 18.2 Å². The number of carboxylic acids is 1. The largest absolute Gasteiger partial charge is 0.481 e. The van der Waals surface area contributed by atoms with Gasteiger partial charge in [0.05, 0.1) is 6.42 Å². The van der Waals surface area contributed by atoms with Crippen molar-refractivity contribution in [1.29, 1.82) is 0 Å². The van der Waals surface area contributed by atoms with Gasteiger partial charge in [-0.1, -0.05) is 12.8 Å². The molecule has 0 aliphatic heterocycles. The molecule has 0 radical (unpaired) electrons. The molecule has 0 atom stereocenters. The Morgan fingerprint density at radius 2 is 1.53 bits per heavy atom. The minimum absolute atomic E-state index is 0.130. The van der Waals surface area contributed by atoms with Gasteiger partial charge in [-0.2, -0.15) is 13.2 Å². The van der Waals surface area contributed by atoms with E-state index in [1.165, 1.54) is 0 Å². The Balaban J connectivity index is 3.32. The second-order valence-electron chi connectivity index (χ2n) is 4.11. The number of carboxylic acid groups (broad SMARTS) is 1. The fraction of sp³-hybridized carbons (Fsp3) is 0.818. The quantitative estimate of drug-likeness (QED) is 0.568. The summed E-state index contributed by atoms with van der Waals surface area (Å²) in [5, 5.41) is 12.9. The maximum Gasteiger partial charge on any atom is 0.390 e. The molecule has 0 aromatic heterocycles. The summed E-state index contributed by atoms with van der Waals surface area (Å²) in [6.07, 6.45) is -2.39. The number of hydrogen-bond donors (Lipinski definition) is 3. The van der Waals surface area contributed by atoms with E-state index in [-0.39, 0.29) is 6.42 Å². The summed E-state index contributed by atoms with van der Waals surface area (Å²) in [6, 6.07) is -0.616. The molecular weight excluding hydrogens is 265 g/mol. The summed E-state index contributed by atoms with van der Waals surface area (Å²) in [5.41, 5.74) is 0. The van der Waals surface area contributed by atoms with Crippen LogP contribution in [0.2, 0.25) is 0 Å². The average molecular weight is 284 g/mol. The molecule has 0 saturated carbocycles. The van der Waals surface area contributed by atoms with E-state index in [1.54, 1.807) is 0 Å². The van der Waals surface area contributed by atoms with E-state index in [4.69, 9.17) is 5.11 Å². The Morgan fingerprint density at radius 3 is 2.11 bits per heavy atom. The van der Waals surface area contributed by atoms with Crippen molar-refractivity contribution in [2.75, 3.05) is 13.1 Å². The van der Waals surface area contributed by atoms with Crippen molar-refractivity contribution in [3.05, 3.63) is 0 Å². The van der Waals surface area contributed by atoms with E-state index >= 15 is 0 Å². The number of unbranched alkanes of at least 4 members (excludes halogenated alkanes) is 3. The van der Waals surface area contributed by atoms with Gasteiger partial charge in [0.15, 0.2) is 0 Å². The number of nitrogens with one attached hydrogen (secondary N) is 2. The number of rotatable bonds is 9. The first-order valence-electron chi connectivity index (χ1n) is 6.11. The Kier molecular flexibility index (Phi) is 8.73. The zero-order chi connectivity index (χ0) is 14.7. The summed E-state index contributed by atoms with van der Waals surface area (Å²) < 4.78 is 35.3. The molecule has 0 spiro atoms. The van der Waals surface area contributed by atoms with Crippen molar-refractivity contribution < 1.29 is 27.9 Å². The van der Waals surface area contributed by atoms with E-state index in [1.807, 2.05) is 0 Å². The lowest BCUT2D eigenvalue weighted by molar-refractivity contribution is -0.137. The third-order valence-corrected chi connectivity index (χ3v) is 2.30. The molecule has 0 aromatic rings. The predicted molar refractivity (Wildman–Crippen MR) is 62.8 cm³/mol. The van der Waals surface area contributed by atoms with Gasteiger partial charge < -0.3 is 15.7 Å². The molecule has 5 nitrogen and oxygen atoms in total. The van der Waals surface area contributed by atoms with Crippen molar-refractivity contribution in [3.63, 3.8) is 0 Å². The number of halogens is 3. The number of urea groups is 1. The monoisotopic (exact) mass is 284 g/mol. The molecule has 3 N–H and O–H groups in total. The summed E-state index contributed by atoms with van der Waals surface area (Å²) in [6.45, 7) is -0.0706. The van der Waals surface area contributed by atoms with Crippen LogP contribution >= 0.6 is 0 Å². The number of aliphatic carboxylic acids is 1. The second-order valence-corrected chi connectivity index (χ2v) is 4.11. The summed E-state index contributed by atoms with van der Waals surface area (Å²) in [7, 11) is 0. The third-order valence-electron chi connectivity index (χ3n) is 2.30. The van der Waals surface area contributed by atoms with E-state index in [9.17, 15) is 22.8 Å². The number of carbonyl (C=O) groups excluding carboxylic acids is 1. The minimum Gasteiger partial charge on any atom is -0.481 e. The van der Waals surface area contributed by atoms with Crippen molar-refractivity contribution in [3.8, 4) is 0 Å². The predicted octanol–water partition coefficient (Wildman–Crippen LogP) is 2.27. The van der Waals surface area contributed by atoms with Crippen LogP contribution in [0.25, 0.3) is 0 Å². The molecule has 0 aromatic carbocycles. The topological polar surface area (TPSA) is 78.4 Å². The van der Waals surface area contributed by atoms with Crippen molar-refractivity contribution in [1.82, 2.24) is 10.6 Å². The summed E-state index contributed by atoms with van der Waals surface area (Å²) in [4.78, 5) is 21.2. The molecule has 0 bridgehead atoms. The van der Waals surface area contributed by atoms with Crippen LogP contribution in [0.15, 0.2) is 0 Å². The van der Waals surface area contributed by atoms with Crippen LogP contribution in [-0.4, -0.2) is 36.4 Å². The van der Waals surface area contributed by atoms with Crippen molar-refractivity contribution in [2.24, 2.45) is 0 Å². The molecule has 0 rings (SSSR count). The van der Waals surface area contributed by atoms with Gasteiger partial charge in [-0.3, -0.25) is 4.79 Å². The highest BCUT2D eigenvalue weighted by molar-refractivity contribution is 5.73. The van der Waals surface area contributed by atoms with Crippen LogP contribution in [-0.2, 0) is 4.79 Å². The normalized spacial score (nSPS) is 11.1. The molecule has 0 saturated heterocycles. The van der Waals surface area contributed by atoms with Crippen molar-refractivity contribution in [2.45, 2.75) is 44.7 Å². The highest BCUT2D eigenvalue weighted by Gasteiger charge is 2.26. The zero-order valence-corrected chi connectivity index (χ0v) is 10.6. The van der Waals surface area contributed by atoms with Gasteiger partial charge in [-0.15, -0.1) is 0 Å². The fourth-order valence-electron chi connectivity index (χ4n) is 1.34. The van der Waals surface area contributed by atoms with Gasteiger partial charge in [0.25, 0.3) is 0 Å². The van der Waals surface area contributed by atoms with E-state index in [0.29, 0.717) is 19.4 Å². The lowest BCUT2D eigenvalue weighted by Crippen LogP contribution is -2.37. The van der Waals surface area contributed by atoms with Gasteiger partial charge in [0.2, 0.25) is 0 Å². The Labute approximate surface area is 109 Å². The first-order valence-corrected chi connectivity index (χ1v) is 6.11. The first-order chi connectivity index (χ1) is 8.81. The fourth-order valence-corrected chi connectivity index (χ4v) is 1.34. The second kappa shape index (κ2) is 9.46. The molecule has 0 unspecified atom stereocenters. The van der Waals surface area contributed by atoms with Crippen LogP contribution in [0, 0.1) is 0 Å². The molecule has 0 heterocycles. The zero-order valence-electron chi connectivity index (χ0n) is 10.6. The maximum atomic E-state index is 11.8. The molecule has 0 aliphatic carbocycles. The highest BCUT2D eigenvalue weighted by atomic mass is 19.4. The van der Waals surface area contributed by atoms with Gasteiger partial charge in [0.1, 0.15) is 0 Å². The van der Waals surface area contributed by atoms with E-state index in [2.05, 4.69) is 10.6 Å². The van der Waals surface area contributed by atoms with Crippen LogP contribution < -0.4 is 10.6 Å².